The fourth-order valence-corrected chi connectivity index (χ4v) is 3.76. The van der Waals surface area contributed by atoms with Gasteiger partial charge in [-0.2, -0.15) is 0 Å². The monoisotopic (exact) mass is 330 g/mol. The molecular formula is C14H22N2O5S. The number of nitrogens with zero attached hydrogens (tertiary/aromatic N) is 1. The van der Waals surface area contributed by atoms with E-state index in [0.717, 1.165) is 12.8 Å². The van der Waals surface area contributed by atoms with Gasteiger partial charge in [0.05, 0.1) is 0 Å². The van der Waals surface area contributed by atoms with Gasteiger partial charge < -0.3 is 9.26 Å². The summed E-state index contributed by atoms with van der Waals surface area (Å²) in [6.45, 7) is 4.94. The Hall–Kier alpha value is -1.41. The number of nitrogens with one attached hydrogen (secondary N) is 1. The molecule has 22 heavy (non-hydrogen) atoms. The third-order valence-electron chi connectivity index (χ3n) is 3.83. The van der Waals surface area contributed by atoms with Crippen molar-refractivity contribution in [3.8, 4) is 0 Å². The molecule has 0 saturated carbocycles. The molecule has 1 aromatic rings. The number of carbonyl (C=O) groups is 1. The second kappa shape index (κ2) is 6.78. The molecule has 1 saturated heterocycles. The smallest absolute Gasteiger partial charge is 0.240 e. The fourth-order valence-electron chi connectivity index (χ4n) is 2.59. The Kier molecular flexibility index (Phi) is 5.23. The molecule has 1 aromatic heterocycles. The first-order valence-corrected chi connectivity index (χ1v) is 8.96. The minimum absolute atomic E-state index is 0.266. The molecule has 0 aliphatic carbocycles. The summed E-state index contributed by atoms with van der Waals surface area (Å²) >= 11 is 0. The van der Waals surface area contributed by atoms with Crippen LogP contribution in [0.25, 0.3) is 0 Å². The van der Waals surface area contributed by atoms with Gasteiger partial charge in [-0.05, 0) is 25.2 Å². The summed E-state index contributed by atoms with van der Waals surface area (Å²) in [6.07, 6.45) is 3.74. The summed E-state index contributed by atoms with van der Waals surface area (Å²) in [5.41, 5.74) is -0.485. The SMILES string of the molecule is CC(C)(CC1CCOCC1)C(=O)NS(=O)(=O)Cc1ccon1. The van der Waals surface area contributed by atoms with Crippen LogP contribution in [0.1, 0.15) is 38.8 Å². The number of ether oxygens (including phenoxy) is 1. The molecule has 0 spiro atoms. The Morgan fingerprint density at radius 2 is 2.09 bits per heavy atom. The molecule has 8 heteroatoms. The highest BCUT2D eigenvalue weighted by Gasteiger charge is 2.34. The first kappa shape index (κ1) is 17.0. The van der Waals surface area contributed by atoms with Crippen LogP contribution in [0.4, 0.5) is 0 Å². The van der Waals surface area contributed by atoms with Crippen molar-refractivity contribution in [2.45, 2.75) is 38.9 Å². The van der Waals surface area contributed by atoms with E-state index in [-0.39, 0.29) is 11.4 Å². The van der Waals surface area contributed by atoms with Gasteiger partial charge in [0.1, 0.15) is 17.7 Å². The van der Waals surface area contributed by atoms with E-state index in [0.29, 0.717) is 25.6 Å². The molecule has 2 heterocycles. The van der Waals surface area contributed by atoms with Gasteiger partial charge >= 0.3 is 0 Å². The number of rotatable bonds is 6. The molecule has 124 valence electrons. The summed E-state index contributed by atoms with van der Waals surface area (Å²) in [7, 11) is -3.77. The lowest BCUT2D eigenvalue weighted by molar-refractivity contribution is -0.128. The minimum Gasteiger partial charge on any atom is -0.381 e. The van der Waals surface area contributed by atoms with E-state index < -0.39 is 21.3 Å². The highest BCUT2D eigenvalue weighted by Crippen LogP contribution is 2.31. The van der Waals surface area contributed by atoms with Crippen LogP contribution in [-0.2, 0) is 25.3 Å². The maximum Gasteiger partial charge on any atom is 0.240 e. The highest BCUT2D eigenvalue weighted by atomic mass is 32.2. The standard InChI is InChI=1S/C14H22N2O5S/c1-14(2,9-11-3-6-20-7-4-11)13(17)16-22(18,19)10-12-5-8-21-15-12/h5,8,11H,3-4,6-7,9-10H2,1-2H3,(H,16,17). The van der Waals surface area contributed by atoms with E-state index >= 15 is 0 Å². The van der Waals surface area contributed by atoms with Crippen molar-refractivity contribution in [3.63, 3.8) is 0 Å². The zero-order valence-corrected chi connectivity index (χ0v) is 13.7. The van der Waals surface area contributed by atoms with Crippen molar-refractivity contribution in [1.82, 2.24) is 9.88 Å². The van der Waals surface area contributed by atoms with Crippen LogP contribution in [0.5, 0.6) is 0 Å². The Balaban J connectivity index is 1.94. The average molecular weight is 330 g/mol. The van der Waals surface area contributed by atoms with Crippen molar-refractivity contribution < 1.29 is 22.5 Å². The zero-order valence-electron chi connectivity index (χ0n) is 12.9. The van der Waals surface area contributed by atoms with E-state index in [9.17, 15) is 13.2 Å². The van der Waals surface area contributed by atoms with Gasteiger partial charge in [0.2, 0.25) is 15.9 Å². The van der Waals surface area contributed by atoms with E-state index in [1.54, 1.807) is 13.8 Å². The highest BCUT2D eigenvalue weighted by molar-refractivity contribution is 7.89. The molecule has 7 nitrogen and oxygen atoms in total. The van der Waals surface area contributed by atoms with Crippen LogP contribution < -0.4 is 4.72 Å². The normalized spacial score (nSPS) is 17.4. The van der Waals surface area contributed by atoms with Gasteiger partial charge in [0, 0.05) is 24.7 Å². The molecule has 2 rings (SSSR count). The molecule has 1 aliphatic rings. The number of carbonyl (C=O) groups excluding carboxylic acids is 1. The summed E-state index contributed by atoms with van der Waals surface area (Å²) in [5.74, 6) is -0.474. The maximum absolute atomic E-state index is 12.3. The first-order chi connectivity index (χ1) is 10.3. The van der Waals surface area contributed by atoms with Crippen molar-refractivity contribution in [1.29, 1.82) is 0 Å². The maximum atomic E-state index is 12.3. The summed E-state index contributed by atoms with van der Waals surface area (Å²) in [4.78, 5) is 12.3. The summed E-state index contributed by atoms with van der Waals surface area (Å²) in [5, 5.41) is 3.55. The number of aromatic nitrogens is 1. The van der Waals surface area contributed by atoms with Gasteiger partial charge in [-0.25, -0.2) is 8.42 Å². The van der Waals surface area contributed by atoms with Gasteiger partial charge in [0.15, 0.2) is 0 Å². The van der Waals surface area contributed by atoms with Gasteiger partial charge in [-0.15, -0.1) is 0 Å². The quantitative estimate of drug-likeness (QED) is 0.848. The topological polar surface area (TPSA) is 98.5 Å². The fraction of sp³-hybridized carbons (Fsp3) is 0.714. The van der Waals surface area contributed by atoms with Crippen LogP contribution in [-0.4, -0.2) is 32.7 Å². The van der Waals surface area contributed by atoms with E-state index in [4.69, 9.17) is 4.74 Å². The summed E-state index contributed by atoms with van der Waals surface area (Å²) < 4.78 is 36.1. The molecule has 0 unspecified atom stereocenters. The van der Waals surface area contributed by atoms with E-state index in [2.05, 4.69) is 14.4 Å². The minimum atomic E-state index is -3.77. The average Bonchev–Trinajstić information content (AvgIpc) is 2.90. The largest absolute Gasteiger partial charge is 0.381 e. The van der Waals surface area contributed by atoms with Crippen molar-refractivity contribution in [2.24, 2.45) is 11.3 Å². The molecule has 0 bridgehead atoms. The second-order valence-corrected chi connectivity index (χ2v) is 8.05. The van der Waals surface area contributed by atoms with Crippen molar-refractivity contribution in [2.75, 3.05) is 13.2 Å². The predicted octanol–water partition coefficient (Wildman–Crippen LogP) is 1.46. The van der Waals surface area contributed by atoms with Crippen LogP contribution in [0.2, 0.25) is 0 Å². The molecule has 0 radical (unpaired) electrons. The molecule has 1 N–H and O–H groups in total. The first-order valence-electron chi connectivity index (χ1n) is 7.30. The predicted molar refractivity (Wildman–Crippen MR) is 79.2 cm³/mol. The molecule has 0 aromatic carbocycles. The van der Waals surface area contributed by atoms with Gasteiger partial charge in [-0.3, -0.25) is 9.52 Å². The number of amides is 1. The third-order valence-corrected chi connectivity index (χ3v) is 5.00. The number of hydrogen-bond donors (Lipinski definition) is 1. The van der Waals surface area contributed by atoms with Crippen molar-refractivity contribution >= 4 is 15.9 Å². The Bertz CT molecular complexity index is 589. The Labute approximate surface area is 130 Å². The molecule has 1 fully saturated rings. The lowest BCUT2D eigenvalue weighted by atomic mass is 9.79. The van der Waals surface area contributed by atoms with E-state index in [1.807, 2.05) is 0 Å². The van der Waals surface area contributed by atoms with Crippen LogP contribution in [0.3, 0.4) is 0 Å². The van der Waals surface area contributed by atoms with Gasteiger partial charge in [0.25, 0.3) is 0 Å². The zero-order chi connectivity index (χ0) is 16.2. The van der Waals surface area contributed by atoms with E-state index in [1.165, 1.54) is 12.3 Å². The Morgan fingerprint density at radius 1 is 1.41 bits per heavy atom. The lowest BCUT2D eigenvalue weighted by Crippen LogP contribution is -2.42. The number of hydrogen-bond acceptors (Lipinski definition) is 6. The molecule has 1 aliphatic heterocycles. The van der Waals surface area contributed by atoms with Crippen molar-refractivity contribution in [3.05, 3.63) is 18.0 Å². The van der Waals surface area contributed by atoms with Gasteiger partial charge in [-0.1, -0.05) is 19.0 Å². The Morgan fingerprint density at radius 3 is 2.68 bits per heavy atom. The number of sulfonamides is 1. The molecular weight excluding hydrogens is 308 g/mol. The van der Waals surface area contributed by atoms with Crippen LogP contribution >= 0.6 is 0 Å². The summed E-state index contributed by atoms with van der Waals surface area (Å²) in [6, 6.07) is 1.46. The lowest BCUT2D eigenvalue weighted by Gasteiger charge is -2.30. The third kappa shape index (κ3) is 4.81. The molecule has 1 amide bonds. The van der Waals surface area contributed by atoms with Crippen LogP contribution in [0.15, 0.2) is 16.9 Å². The van der Waals surface area contributed by atoms with Crippen LogP contribution in [0, 0.1) is 11.3 Å². The molecule has 0 atom stereocenters. The second-order valence-electron chi connectivity index (χ2n) is 6.32.